The van der Waals surface area contributed by atoms with Crippen LogP contribution in [0.5, 0.6) is 11.6 Å². The highest BCUT2D eigenvalue weighted by Gasteiger charge is 2.33. The lowest BCUT2D eigenvalue weighted by Crippen LogP contribution is -2.16. The van der Waals surface area contributed by atoms with Gasteiger partial charge in [-0.05, 0) is 42.5 Å². The van der Waals surface area contributed by atoms with Crippen molar-refractivity contribution < 1.29 is 31.1 Å². The highest BCUT2D eigenvalue weighted by atomic mass is 35.5. The summed E-state index contributed by atoms with van der Waals surface area (Å²) in [4.78, 5) is 16.4. The number of halogens is 5. The summed E-state index contributed by atoms with van der Waals surface area (Å²) in [5.74, 6) is -1.44. The van der Waals surface area contributed by atoms with Gasteiger partial charge in [-0.25, -0.2) is 13.4 Å². The quantitative estimate of drug-likeness (QED) is 0.470. The van der Waals surface area contributed by atoms with Gasteiger partial charge in [0.15, 0.2) is 9.84 Å². The van der Waals surface area contributed by atoms with Crippen LogP contribution in [-0.4, -0.2) is 25.6 Å². The Morgan fingerprint density at radius 2 is 1.81 bits per heavy atom. The first-order valence-electron chi connectivity index (χ1n) is 8.66. The zero-order valence-electron chi connectivity index (χ0n) is 16.1. The van der Waals surface area contributed by atoms with Gasteiger partial charge in [-0.3, -0.25) is 4.79 Å². The maximum absolute atomic E-state index is 13.2. The van der Waals surface area contributed by atoms with Crippen LogP contribution in [0.4, 0.5) is 18.9 Å². The number of hydrogen-bond acceptors (Lipinski definition) is 5. The molecule has 168 valence electrons. The van der Waals surface area contributed by atoms with E-state index < -0.39 is 38.9 Å². The fourth-order valence-electron chi connectivity index (χ4n) is 2.52. The zero-order chi connectivity index (χ0) is 23.7. The van der Waals surface area contributed by atoms with Gasteiger partial charge >= 0.3 is 6.18 Å². The Balaban J connectivity index is 2.01. The molecule has 12 heteroatoms. The maximum atomic E-state index is 13.2. The molecule has 0 atom stereocenters. The zero-order valence-corrected chi connectivity index (χ0v) is 18.4. The molecule has 0 radical (unpaired) electrons. The van der Waals surface area contributed by atoms with Gasteiger partial charge in [0.2, 0.25) is 5.88 Å². The second-order valence-electron chi connectivity index (χ2n) is 6.51. The molecule has 32 heavy (non-hydrogen) atoms. The van der Waals surface area contributed by atoms with E-state index in [9.17, 15) is 26.4 Å². The van der Waals surface area contributed by atoms with Crippen molar-refractivity contribution in [3.63, 3.8) is 0 Å². The minimum atomic E-state index is -4.77. The number of rotatable bonds is 5. The minimum absolute atomic E-state index is 0.0106. The van der Waals surface area contributed by atoms with Crippen LogP contribution in [0.2, 0.25) is 10.0 Å². The molecule has 2 aromatic carbocycles. The van der Waals surface area contributed by atoms with Gasteiger partial charge in [-0.2, -0.15) is 13.2 Å². The number of alkyl halides is 3. The Hall–Kier alpha value is -2.82. The van der Waals surface area contributed by atoms with Gasteiger partial charge in [-0.1, -0.05) is 29.3 Å². The Morgan fingerprint density at radius 1 is 1.09 bits per heavy atom. The lowest BCUT2D eigenvalue weighted by molar-refractivity contribution is -0.137. The number of sulfone groups is 1. The maximum Gasteiger partial charge on any atom is 0.417 e. The fourth-order valence-corrected chi connectivity index (χ4v) is 3.63. The summed E-state index contributed by atoms with van der Waals surface area (Å²) in [6, 6.07) is 9.95. The topological polar surface area (TPSA) is 85.4 Å². The molecule has 0 fully saturated rings. The van der Waals surface area contributed by atoms with Crippen LogP contribution in [0.3, 0.4) is 0 Å². The average Bonchev–Trinajstić information content (AvgIpc) is 2.69. The summed E-state index contributed by atoms with van der Waals surface area (Å²) in [5.41, 5.74) is -1.68. The van der Waals surface area contributed by atoms with E-state index in [0.717, 1.165) is 6.26 Å². The lowest BCUT2D eigenvalue weighted by Gasteiger charge is -2.14. The summed E-state index contributed by atoms with van der Waals surface area (Å²) in [5, 5.41) is 2.70. The first-order valence-corrected chi connectivity index (χ1v) is 11.3. The Bertz CT molecular complexity index is 1300. The van der Waals surface area contributed by atoms with Crippen molar-refractivity contribution in [2.45, 2.75) is 11.1 Å². The third-order valence-electron chi connectivity index (χ3n) is 4.04. The molecule has 3 rings (SSSR count). The van der Waals surface area contributed by atoms with Crippen LogP contribution >= 0.6 is 23.2 Å². The average molecular weight is 505 g/mol. The SMILES string of the molecule is CS(=O)(=O)c1cccc(NC(=O)c2cc(C(F)(F)F)cnc2Oc2ccc(Cl)cc2Cl)c1. The minimum Gasteiger partial charge on any atom is -0.437 e. The third kappa shape index (κ3) is 5.70. The van der Waals surface area contributed by atoms with Crippen LogP contribution < -0.4 is 10.1 Å². The molecule has 0 bridgehead atoms. The molecule has 3 aromatic rings. The van der Waals surface area contributed by atoms with Crippen molar-refractivity contribution >= 4 is 44.6 Å². The molecule has 0 saturated carbocycles. The normalized spacial score (nSPS) is 11.8. The van der Waals surface area contributed by atoms with Gasteiger partial charge in [0.05, 0.1) is 15.5 Å². The summed E-state index contributed by atoms with van der Waals surface area (Å²) in [6.45, 7) is 0. The number of aromatic nitrogens is 1. The summed E-state index contributed by atoms with van der Waals surface area (Å²) >= 11 is 11.9. The molecule has 0 saturated heterocycles. The van der Waals surface area contributed by atoms with Crippen molar-refractivity contribution in [1.82, 2.24) is 4.98 Å². The number of amides is 1. The number of nitrogens with one attached hydrogen (secondary N) is 1. The molecule has 1 N–H and O–H groups in total. The first kappa shape index (κ1) is 23.8. The molecule has 1 aromatic heterocycles. The molecule has 1 heterocycles. The highest BCUT2D eigenvalue weighted by molar-refractivity contribution is 7.90. The smallest absolute Gasteiger partial charge is 0.417 e. The van der Waals surface area contributed by atoms with E-state index in [2.05, 4.69) is 10.3 Å². The van der Waals surface area contributed by atoms with Gasteiger partial charge in [0.25, 0.3) is 5.91 Å². The summed E-state index contributed by atoms with van der Waals surface area (Å²) in [7, 11) is -3.57. The number of ether oxygens (including phenoxy) is 1. The monoisotopic (exact) mass is 504 g/mol. The molecule has 0 aliphatic carbocycles. The third-order valence-corrected chi connectivity index (χ3v) is 5.68. The Morgan fingerprint density at radius 3 is 2.44 bits per heavy atom. The number of nitrogens with zero attached hydrogens (tertiary/aromatic N) is 1. The predicted molar refractivity (Wildman–Crippen MR) is 113 cm³/mol. The molecule has 1 amide bonds. The number of carbonyl (C=O) groups excluding carboxylic acids is 1. The van der Waals surface area contributed by atoms with Gasteiger partial charge in [0, 0.05) is 23.2 Å². The number of benzene rings is 2. The largest absolute Gasteiger partial charge is 0.437 e. The van der Waals surface area contributed by atoms with Crippen LogP contribution in [0.15, 0.2) is 59.6 Å². The van der Waals surface area contributed by atoms with E-state index in [-0.39, 0.29) is 21.4 Å². The lowest BCUT2D eigenvalue weighted by atomic mass is 10.1. The van der Waals surface area contributed by atoms with E-state index in [1.165, 1.54) is 42.5 Å². The van der Waals surface area contributed by atoms with Gasteiger partial charge in [0.1, 0.15) is 11.3 Å². The number of hydrogen-bond donors (Lipinski definition) is 1. The van der Waals surface area contributed by atoms with Crippen LogP contribution in [0.1, 0.15) is 15.9 Å². The molecule has 0 aliphatic heterocycles. The van der Waals surface area contributed by atoms with Crippen molar-refractivity contribution in [3.8, 4) is 11.6 Å². The molecule has 6 nitrogen and oxygen atoms in total. The molecule has 0 unspecified atom stereocenters. The Labute approximate surface area is 190 Å². The van der Waals surface area contributed by atoms with Crippen molar-refractivity contribution in [1.29, 1.82) is 0 Å². The van der Waals surface area contributed by atoms with E-state index in [0.29, 0.717) is 17.3 Å². The van der Waals surface area contributed by atoms with E-state index in [1.54, 1.807) is 0 Å². The molecular weight excluding hydrogens is 492 g/mol. The molecule has 0 spiro atoms. The van der Waals surface area contributed by atoms with Crippen molar-refractivity contribution in [3.05, 3.63) is 75.9 Å². The fraction of sp³-hybridized carbons (Fsp3) is 0.100. The standard InChI is InChI=1S/C20H13Cl2F3N2O4S/c1-32(29,30)14-4-2-3-13(9-14)27-18(28)15-7-11(20(23,24)25)10-26-19(15)31-17-6-5-12(21)8-16(17)22/h2-10H,1H3,(H,27,28). The number of pyridine rings is 1. The van der Waals surface area contributed by atoms with E-state index in [4.69, 9.17) is 27.9 Å². The molecular formula is C20H13Cl2F3N2O4S. The number of carbonyl (C=O) groups is 1. The van der Waals surface area contributed by atoms with E-state index in [1.807, 2.05) is 0 Å². The van der Waals surface area contributed by atoms with Crippen LogP contribution in [0, 0.1) is 0 Å². The van der Waals surface area contributed by atoms with Crippen LogP contribution in [0.25, 0.3) is 0 Å². The summed E-state index contributed by atoms with van der Waals surface area (Å²) < 4.78 is 68.5. The van der Waals surface area contributed by atoms with Crippen LogP contribution in [-0.2, 0) is 16.0 Å². The van der Waals surface area contributed by atoms with Gasteiger partial charge < -0.3 is 10.1 Å². The van der Waals surface area contributed by atoms with Crippen molar-refractivity contribution in [2.75, 3.05) is 11.6 Å². The van der Waals surface area contributed by atoms with Gasteiger partial charge in [-0.15, -0.1) is 0 Å². The molecule has 0 aliphatic rings. The first-order chi connectivity index (χ1) is 14.8. The Kier molecular flexibility index (Phi) is 6.68. The van der Waals surface area contributed by atoms with E-state index >= 15 is 0 Å². The second-order valence-corrected chi connectivity index (χ2v) is 9.36. The number of anilines is 1. The van der Waals surface area contributed by atoms with Crippen molar-refractivity contribution in [2.24, 2.45) is 0 Å². The predicted octanol–water partition coefficient (Wildman–Crippen LogP) is 5.86. The second kappa shape index (κ2) is 8.97. The highest BCUT2D eigenvalue weighted by Crippen LogP contribution is 2.35. The summed E-state index contributed by atoms with van der Waals surface area (Å²) in [6.07, 6.45) is -3.28.